The predicted octanol–water partition coefficient (Wildman–Crippen LogP) is 4.03. The zero-order valence-corrected chi connectivity index (χ0v) is 14.7. The van der Waals surface area contributed by atoms with Crippen LogP contribution in [0.2, 0.25) is 0 Å². The van der Waals surface area contributed by atoms with E-state index in [1.807, 2.05) is 17.5 Å². The first kappa shape index (κ1) is 16.6. The monoisotopic (exact) mass is 356 g/mol. The van der Waals surface area contributed by atoms with Crippen LogP contribution in [0.15, 0.2) is 53.3 Å². The highest BCUT2D eigenvalue weighted by molar-refractivity contribution is 7.99. The lowest BCUT2D eigenvalue weighted by molar-refractivity contribution is -0.115. The number of thiazole rings is 1. The smallest absolute Gasteiger partial charge is 0.226 e. The Morgan fingerprint density at radius 3 is 2.71 bits per heavy atom. The maximum absolute atomic E-state index is 12.0. The molecule has 24 heavy (non-hydrogen) atoms. The Bertz CT molecular complexity index is 803. The minimum Gasteiger partial charge on any atom is -0.302 e. The van der Waals surface area contributed by atoms with E-state index in [9.17, 15) is 4.79 Å². The van der Waals surface area contributed by atoms with Gasteiger partial charge >= 0.3 is 0 Å². The molecule has 5 nitrogen and oxygen atoms in total. The van der Waals surface area contributed by atoms with Crippen LogP contribution in [-0.2, 0) is 4.79 Å². The van der Waals surface area contributed by atoms with E-state index < -0.39 is 0 Å². The molecule has 0 aliphatic rings. The summed E-state index contributed by atoms with van der Waals surface area (Å²) >= 11 is 2.89. The summed E-state index contributed by atoms with van der Waals surface area (Å²) in [7, 11) is 0. The van der Waals surface area contributed by atoms with E-state index in [2.05, 4.69) is 39.3 Å². The van der Waals surface area contributed by atoms with Crippen LogP contribution in [0.5, 0.6) is 0 Å². The molecule has 0 aliphatic carbocycles. The number of aromatic nitrogens is 3. The molecule has 0 unspecified atom stereocenters. The van der Waals surface area contributed by atoms with Crippen molar-refractivity contribution in [3.63, 3.8) is 0 Å². The molecule has 122 valence electrons. The van der Waals surface area contributed by atoms with E-state index >= 15 is 0 Å². The van der Waals surface area contributed by atoms with Gasteiger partial charge in [-0.15, -0.1) is 11.3 Å². The zero-order valence-electron chi connectivity index (χ0n) is 13.1. The van der Waals surface area contributed by atoms with Gasteiger partial charge < -0.3 is 5.32 Å². The Hall–Kier alpha value is -2.25. The minimum atomic E-state index is -0.0526. The summed E-state index contributed by atoms with van der Waals surface area (Å²) in [6.07, 6.45) is 3.78. The zero-order chi connectivity index (χ0) is 16.8. The average Bonchev–Trinajstić information content (AvgIpc) is 3.05. The second kappa shape index (κ2) is 8.03. The van der Waals surface area contributed by atoms with Crippen molar-refractivity contribution < 1.29 is 4.79 Å². The molecule has 0 aliphatic heterocycles. The highest BCUT2D eigenvalue weighted by Gasteiger charge is 2.08. The fourth-order valence-corrected chi connectivity index (χ4v) is 3.44. The number of carbonyl (C=O) groups excluding carboxylic acids is 1. The number of amides is 1. The molecule has 1 amide bonds. The van der Waals surface area contributed by atoms with Gasteiger partial charge in [-0.3, -0.25) is 4.79 Å². The molecule has 0 fully saturated rings. The highest BCUT2D eigenvalue weighted by atomic mass is 32.2. The van der Waals surface area contributed by atoms with Crippen molar-refractivity contribution in [3.8, 4) is 11.3 Å². The van der Waals surface area contributed by atoms with E-state index in [1.165, 1.54) is 28.7 Å². The van der Waals surface area contributed by atoms with Gasteiger partial charge in [0.05, 0.1) is 5.69 Å². The SMILES string of the molecule is Cc1ccc(-c2csc(NC(=O)CCSc3ncccn3)n2)cc1. The average molecular weight is 356 g/mol. The van der Waals surface area contributed by atoms with Crippen LogP contribution in [0.1, 0.15) is 12.0 Å². The lowest BCUT2D eigenvalue weighted by Gasteiger charge is -2.01. The molecule has 7 heteroatoms. The molecule has 0 spiro atoms. The van der Waals surface area contributed by atoms with E-state index in [0.29, 0.717) is 22.5 Å². The van der Waals surface area contributed by atoms with E-state index in [4.69, 9.17) is 0 Å². The second-order valence-corrected chi connectivity index (χ2v) is 7.00. The van der Waals surface area contributed by atoms with Gasteiger partial charge in [-0.05, 0) is 13.0 Å². The van der Waals surface area contributed by atoms with Gasteiger partial charge in [0.2, 0.25) is 5.91 Å². The van der Waals surface area contributed by atoms with Gasteiger partial charge in [-0.25, -0.2) is 15.0 Å². The summed E-state index contributed by atoms with van der Waals surface area (Å²) in [5.41, 5.74) is 3.14. The molecular formula is C17H16N4OS2. The summed E-state index contributed by atoms with van der Waals surface area (Å²) in [6, 6.07) is 9.94. The Morgan fingerprint density at radius 1 is 1.21 bits per heavy atom. The van der Waals surface area contributed by atoms with Crippen LogP contribution < -0.4 is 5.32 Å². The fraction of sp³-hybridized carbons (Fsp3) is 0.176. The van der Waals surface area contributed by atoms with E-state index in [1.54, 1.807) is 18.5 Å². The number of anilines is 1. The summed E-state index contributed by atoms with van der Waals surface area (Å²) in [5.74, 6) is 0.578. The number of thioether (sulfide) groups is 1. The number of hydrogen-bond acceptors (Lipinski definition) is 6. The number of benzene rings is 1. The molecule has 1 aromatic carbocycles. The van der Waals surface area contributed by atoms with Crippen molar-refractivity contribution in [1.29, 1.82) is 0 Å². The van der Waals surface area contributed by atoms with Crippen LogP contribution in [-0.4, -0.2) is 26.6 Å². The third-order valence-electron chi connectivity index (χ3n) is 3.20. The Morgan fingerprint density at radius 2 is 1.96 bits per heavy atom. The standard InChI is InChI=1S/C17H16N4OS2/c1-12-3-5-13(6-4-12)14-11-24-17(20-14)21-15(22)7-10-23-16-18-8-2-9-19-16/h2-6,8-9,11H,7,10H2,1H3,(H,20,21,22). The summed E-state index contributed by atoms with van der Waals surface area (Å²) in [6.45, 7) is 2.05. The molecule has 0 atom stereocenters. The lowest BCUT2D eigenvalue weighted by Crippen LogP contribution is -2.12. The summed E-state index contributed by atoms with van der Waals surface area (Å²) in [5, 5.41) is 6.10. The molecule has 2 aromatic heterocycles. The molecular weight excluding hydrogens is 340 g/mol. The first-order valence-electron chi connectivity index (χ1n) is 7.43. The number of nitrogens with zero attached hydrogens (tertiary/aromatic N) is 3. The quantitative estimate of drug-likeness (QED) is 0.533. The van der Waals surface area contributed by atoms with Gasteiger partial charge in [-0.1, -0.05) is 41.6 Å². The van der Waals surface area contributed by atoms with Crippen LogP contribution in [0.3, 0.4) is 0 Å². The fourth-order valence-electron chi connectivity index (χ4n) is 1.96. The van der Waals surface area contributed by atoms with Gasteiger partial charge in [0.25, 0.3) is 0 Å². The third kappa shape index (κ3) is 4.62. The predicted molar refractivity (Wildman–Crippen MR) is 98.3 cm³/mol. The number of nitrogens with one attached hydrogen (secondary N) is 1. The topological polar surface area (TPSA) is 67.8 Å². The lowest BCUT2D eigenvalue weighted by atomic mass is 10.1. The number of aryl methyl sites for hydroxylation is 1. The summed E-state index contributed by atoms with van der Waals surface area (Å²) in [4.78, 5) is 24.7. The molecule has 0 saturated carbocycles. The Kier molecular flexibility index (Phi) is 5.55. The number of rotatable bonds is 6. The van der Waals surface area contributed by atoms with Crippen LogP contribution >= 0.6 is 23.1 Å². The van der Waals surface area contributed by atoms with Crippen molar-refractivity contribution in [2.75, 3.05) is 11.1 Å². The maximum atomic E-state index is 12.0. The van der Waals surface area contributed by atoms with Gasteiger partial charge in [-0.2, -0.15) is 0 Å². The Labute approximate surface area is 148 Å². The van der Waals surface area contributed by atoms with Gasteiger partial charge in [0, 0.05) is 35.5 Å². The first-order valence-corrected chi connectivity index (χ1v) is 9.29. The van der Waals surface area contributed by atoms with Crippen molar-refractivity contribution in [2.24, 2.45) is 0 Å². The number of hydrogen-bond donors (Lipinski definition) is 1. The van der Waals surface area contributed by atoms with Crippen molar-refractivity contribution in [3.05, 3.63) is 53.7 Å². The van der Waals surface area contributed by atoms with Crippen molar-refractivity contribution in [1.82, 2.24) is 15.0 Å². The molecule has 0 saturated heterocycles. The van der Waals surface area contributed by atoms with E-state index in [0.717, 1.165) is 11.3 Å². The number of carbonyl (C=O) groups is 1. The van der Waals surface area contributed by atoms with Gasteiger partial charge in [0.1, 0.15) is 0 Å². The normalized spacial score (nSPS) is 10.5. The van der Waals surface area contributed by atoms with Crippen molar-refractivity contribution in [2.45, 2.75) is 18.5 Å². The Balaban J connectivity index is 1.51. The largest absolute Gasteiger partial charge is 0.302 e. The maximum Gasteiger partial charge on any atom is 0.226 e. The van der Waals surface area contributed by atoms with E-state index in [-0.39, 0.29) is 5.91 Å². The molecule has 0 bridgehead atoms. The van der Waals surface area contributed by atoms with Crippen molar-refractivity contribution >= 4 is 34.1 Å². The van der Waals surface area contributed by atoms with Gasteiger partial charge in [0.15, 0.2) is 10.3 Å². The molecule has 0 radical (unpaired) electrons. The highest BCUT2D eigenvalue weighted by Crippen LogP contribution is 2.25. The molecule has 1 N–H and O–H groups in total. The molecule has 3 rings (SSSR count). The van der Waals surface area contributed by atoms with Crippen LogP contribution in [0.25, 0.3) is 11.3 Å². The van der Waals surface area contributed by atoms with Crippen LogP contribution in [0.4, 0.5) is 5.13 Å². The first-order chi connectivity index (χ1) is 11.7. The summed E-state index contributed by atoms with van der Waals surface area (Å²) < 4.78 is 0. The second-order valence-electron chi connectivity index (χ2n) is 5.08. The van der Waals surface area contributed by atoms with Crippen LogP contribution in [0, 0.1) is 6.92 Å². The third-order valence-corrected chi connectivity index (χ3v) is 4.84. The minimum absolute atomic E-state index is 0.0526. The molecule has 2 heterocycles. The molecule has 3 aromatic rings.